The van der Waals surface area contributed by atoms with Crippen molar-refractivity contribution in [3.05, 3.63) is 50.4 Å². The maximum atomic E-state index is 13.0. The van der Waals surface area contributed by atoms with E-state index in [2.05, 4.69) is 5.32 Å². The Morgan fingerprint density at radius 1 is 1.04 bits per heavy atom. The Balaban J connectivity index is 2.03. The molecule has 3 rings (SSSR count). The van der Waals surface area contributed by atoms with Gasteiger partial charge in [-0.05, 0) is 50.3 Å². The average molecular weight is 401 g/mol. The highest BCUT2D eigenvalue weighted by atomic mass is 32.1. The Morgan fingerprint density at radius 2 is 1.68 bits per heavy atom. The molecule has 1 aromatic heterocycles. The van der Waals surface area contributed by atoms with E-state index in [1.807, 2.05) is 32.9 Å². The minimum atomic E-state index is -0.569. The molecule has 6 nitrogen and oxygen atoms in total. The smallest absolute Gasteiger partial charge is 0.341 e. The fraction of sp³-hybridized carbons (Fsp3) is 0.381. The summed E-state index contributed by atoms with van der Waals surface area (Å²) in [6.45, 7) is 5.75. The van der Waals surface area contributed by atoms with E-state index >= 15 is 0 Å². The molecule has 0 radical (unpaired) electrons. The maximum absolute atomic E-state index is 13.0. The van der Waals surface area contributed by atoms with Crippen molar-refractivity contribution in [3.8, 4) is 0 Å². The van der Waals surface area contributed by atoms with Crippen LogP contribution in [0.4, 0.5) is 5.00 Å². The summed E-state index contributed by atoms with van der Waals surface area (Å²) in [4.78, 5) is 38.5. The summed E-state index contributed by atoms with van der Waals surface area (Å²) < 4.78 is 9.82. The summed E-state index contributed by atoms with van der Waals surface area (Å²) in [5.41, 5.74) is 4.28. The molecule has 0 aliphatic heterocycles. The lowest BCUT2D eigenvalue weighted by Gasteiger charge is -2.13. The van der Waals surface area contributed by atoms with Gasteiger partial charge in [-0.15, -0.1) is 11.3 Å². The van der Waals surface area contributed by atoms with Crippen LogP contribution < -0.4 is 5.32 Å². The first kappa shape index (κ1) is 20.1. The lowest BCUT2D eigenvalue weighted by molar-refractivity contribution is -0.142. The summed E-state index contributed by atoms with van der Waals surface area (Å²) in [5, 5.41) is 3.29. The monoisotopic (exact) mass is 401 g/mol. The number of anilines is 1. The quantitative estimate of drug-likeness (QED) is 0.786. The number of rotatable bonds is 4. The average Bonchev–Trinajstić information content (AvgIpc) is 3.18. The SMILES string of the molecule is COC(=O)c1c(NC(=O)c2c(C)cc(C)cc2C)sc2c1C(C(=O)OC)CC2. The third kappa shape index (κ3) is 3.42. The normalized spacial score (nSPS) is 15.1. The van der Waals surface area contributed by atoms with Gasteiger partial charge < -0.3 is 14.8 Å². The van der Waals surface area contributed by atoms with Gasteiger partial charge >= 0.3 is 11.9 Å². The molecule has 1 N–H and O–H groups in total. The number of fused-ring (bicyclic) bond motifs is 1. The number of thiophene rings is 1. The van der Waals surface area contributed by atoms with Crippen molar-refractivity contribution in [1.82, 2.24) is 0 Å². The molecule has 0 saturated carbocycles. The van der Waals surface area contributed by atoms with Gasteiger partial charge in [-0.2, -0.15) is 0 Å². The van der Waals surface area contributed by atoms with Gasteiger partial charge in [0.05, 0.1) is 25.7 Å². The highest BCUT2D eigenvalue weighted by molar-refractivity contribution is 7.17. The minimum Gasteiger partial charge on any atom is -0.469 e. The zero-order valence-corrected chi connectivity index (χ0v) is 17.4. The number of methoxy groups -OCH3 is 2. The topological polar surface area (TPSA) is 81.7 Å². The van der Waals surface area contributed by atoms with Crippen LogP contribution in [0.25, 0.3) is 0 Å². The number of aryl methyl sites for hydroxylation is 4. The molecule has 2 aromatic rings. The zero-order valence-electron chi connectivity index (χ0n) is 16.6. The van der Waals surface area contributed by atoms with Gasteiger partial charge in [0, 0.05) is 10.4 Å². The van der Waals surface area contributed by atoms with E-state index < -0.39 is 11.9 Å². The van der Waals surface area contributed by atoms with E-state index in [9.17, 15) is 14.4 Å². The Bertz CT molecular complexity index is 952. The van der Waals surface area contributed by atoms with E-state index in [4.69, 9.17) is 9.47 Å². The molecule has 1 heterocycles. The molecule has 0 bridgehead atoms. The number of esters is 2. The first-order valence-corrected chi connectivity index (χ1v) is 9.81. The lowest BCUT2D eigenvalue weighted by atomic mass is 9.98. The van der Waals surface area contributed by atoms with Crippen molar-refractivity contribution >= 4 is 34.2 Å². The van der Waals surface area contributed by atoms with Crippen molar-refractivity contribution in [1.29, 1.82) is 0 Å². The minimum absolute atomic E-state index is 0.256. The predicted molar refractivity (Wildman–Crippen MR) is 107 cm³/mol. The van der Waals surface area contributed by atoms with E-state index in [1.165, 1.54) is 25.6 Å². The molecule has 1 aromatic carbocycles. The molecule has 1 unspecified atom stereocenters. The van der Waals surface area contributed by atoms with Crippen molar-refractivity contribution in [2.45, 2.75) is 39.5 Å². The fourth-order valence-corrected chi connectivity index (χ4v) is 5.20. The Kier molecular flexibility index (Phi) is 5.56. The molecule has 1 aliphatic carbocycles. The molecular weight excluding hydrogens is 378 g/mol. The van der Waals surface area contributed by atoms with Crippen molar-refractivity contribution in [2.24, 2.45) is 0 Å². The maximum Gasteiger partial charge on any atom is 0.341 e. The second-order valence-corrected chi connectivity index (χ2v) is 8.08. The third-order valence-corrected chi connectivity index (χ3v) is 6.22. The Labute approximate surface area is 167 Å². The van der Waals surface area contributed by atoms with Gasteiger partial charge in [0.1, 0.15) is 5.00 Å². The second kappa shape index (κ2) is 7.75. The molecule has 0 saturated heterocycles. The first-order valence-electron chi connectivity index (χ1n) is 8.99. The molecule has 7 heteroatoms. The summed E-state index contributed by atoms with van der Waals surface area (Å²) in [7, 11) is 2.62. The van der Waals surface area contributed by atoms with Crippen LogP contribution in [-0.2, 0) is 20.7 Å². The molecule has 1 aliphatic rings. The highest BCUT2D eigenvalue weighted by Crippen LogP contribution is 2.46. The summed E-state index contributed by atoms with van der Waals surface area (Å²) in [5.74, 6) is -1.75. The van der Waals surface area contributed by atoms with Crippen LogP contribution in [-0.4, -0.2) is 32.1 Å². The van der Waals surface area contributed by atoms with E-state index in [0.29, 0.717) is 29.0 Å². The second-order valence-electron chi connectivity index (χ2n) is 6.98. The van der Waals surface area contributed by atoms with Gasteiger partial charge in [-0.1, -0.05) is 17.7 Å². The molecule has 0 spiro atoms. The van der Waals surface area contributed by atoms with Crippen LogP contribution in [0.1, 0.15) is 60.2 Å². The number of ether oxygens (including phenoxy) is 2. The molecule has 0 fully saturated rings. The van der Waals surface area contributed by atoms with Gasteiger partial charge in [0.15, 0.2) is 0 Å². The van der Waals surface area contributed by atoms with E-state index in [-0.39, 0.29) is 17.4 Å². The number of hydrogen-bond donors (Lipinski definition) is 1. The number of benzene rings is 1. The van der Waals surface area contributed by atoms with Gasteiger partial charge in [0.25, 0.3) is 5.91 Å². The van der Waals surface area contributed by atoms with Gasteiger partial charge in [-0.3, -0.25) is 9.59 Å². The van der Waals surface area contributed by atoms with Crippen LogP contribution >= 0.6 is 11.3 Å². The van der Waals surface area contributed by atoms with E-state index in [1.54, 1.807) is 0 Å². The summed E-state index contributed by atoms with van der Waals surface area (Å²) in [6.07, 6.45) is 1.24. The van der Waals surface area contributed by atoms with Crippen LogP contribution in [0.3, 0.4) is 0 Å². The Hall–Kier alpha value is -2.67. The van der Waals surface area contributed by atoms with E-state index in [0.717, 1.165) is 21.6 Å². The summed E-state index contributed by atoms with van der Waals surface area (Å²) in [6, 6.07) is 3.90. The summed E-state index contributed by atoms with van der Waals surface area (Å²) >= 11 is 1.32. The van der Waals surface area contributed by atoms with Gasteiger partial charge in [-0.25, -0.2) is 4.79 Å². The molecule has 1 amide bonds. The standard InChI is InChI=1S/C21H23NO5S/c1-10-8-11(2)15(12(3)9-10)18(23)22-19-17(21(25)27-5)16-13(20(24)26-4)6-7-14(16)28-19/h8-9,13H,6-7H2,1-5H3,(H,22,23). The van der Waals surface area contributed by atoms with Crippen LogP contribution in [0.5, 0.6) is 0 Å². The number of amides is 1. The predicted octanol–water partition coefficient (Wildman–Crippen LogP) is 3.92. The van der Waals surface area contributed by atoms with Crippen molar-refractivity contribution in [3.63, 3.8) is 0 Å². The van der Waals surface area contributed by atoms with Crippen LogP contribution in [0.15, 0.2) is 12.1 Å². The number of carbonyl (C=O) groups excluding carboxylic acids is 3. The number of carbonyl (C=O) groups is 3. The first-order chi connectivity index (χ1) is 13.3. The zero-order chi connectivity index (χ0) is 20.6. The molecule has 28 heavy (non-hydrogen) atoms. The van der Waals surface area contributed by atoms with Crippen molar-refractivity contribution < 1.29 is 23.9 Å². The van der Waals surface area contributed by atoms with Gasteiger partial charge in [0.2, 0.25) is 0 Å². The third-order valence-electron chi connectivity index (χ3n) is 5.04. The molecular formula is C21H23NO5S. The number of hydrogen-bond acceptors (Lipinski definition) is 6. The Morgan fingerprint density at radius 3 is 2.25 bits per heavy atom. The van der Waals surface area contributed by atoms with Crippen LogP contribution in [0.2, 0.25) is 0 Å². The number of nitrogens with one attached hydrogen (secondary N) is 1. The van der Waals surface area contributed by atoms with Crippen LogP contribution in [0, 0.1) is 20.8 Å². The largest absolute Gasteiger partial charge is 0.469 e. The van der Waals surface area contributed by atoms with Crippen molar-refractivity contribution in [2.75, 3.05) is 19.5 Å². The fourth-order valence-electron chi connectivity index (χ4n) is 3.94. The molecule has 148 valence electrons. The highest BCUT2D eigenvalue weighted by Gasteiger charge is 2.38. The molecule has 1 atom stereocenters. The lowest BCUT2D eigenvalue weighted by Crippen LogP contribution is -2.19.